The van der Waals surface area contributed by atoms with Crippen LogP contribution in [-0.4, -0.2) is 63.5 Å². The Hall–Kier alpha value is -1.95. The van der Waals surface area contributed by atoms with Crippen molar-refractivity contribution in [2.24, 2.45) is 7.05 Å². The minimum absolute atomic E-state index is 0.242. The summed E-state index contributed by atoms with van der Waals surface area (Å²) >= 11 is 0. The molecule has 1 aromatic heterocycles. The number of hydrogen-bond acceptors (Lipinski definition) is 4. The van der Waals surface area contributed by atoms with E-state index in [4.69, 9.17) is 5.10 Å². The summed E-state index contributed by atoms with van der Waals surface area (Å²) in [5.74, 6) is 0. The number of benzene rings is 1. The lowest BCUT2D eigenvalue weighted by atomic mass is 10.1. The van der Waals surface area contributed by atoms with Gasteiger partial charge in [-0.3, -0.25) is 14.5 Å². The number of rotatable bonds is 7. The molecular weight excluding hydrogens is 336 g/mol. The summed E-state index contributed by atoms with van der Waals surface area (Å²) in [7, 11) is 1.99. The molecule has 0 aliphatic carbocycles. The molecule has 146 valence electrons. The fraction of sp³-hybridized carbons (Fsp3) is 0.500. The smallest absolute Gasteiger partial charge is 0.0968 e. The van der Waals surface area contributed by atoms with Gasteiger partial charge in [0.1, 0.15) is 0 Å². The molecule has 0 amide bonds. The maximum atomic E-state index is 9.51. The molecular formula is C22H32N4O. The van der Waals surface area contributed by atoms with Crippen molar-refractivity contribution in [3.63, 3.8) is 0 Å². The van der Waals surface area contributed by atoms with Gasteiger partial charge in [-0.1, -0.05) is 42.0 Å². The van der Waals surface area contributed by atoms with Crippen LogP contribution in [-0.2, 0) is 13.6 Å². The first kappa shape index (κ1) is 19.8. The van der Waals surface area contributed by atoms with E-state index < -0.39 is 0 Å². The van der Waals surface area contributed by atoms with Crippen molar-refractivity contribution >= 4 is 0 Å². The molecule has 2 aromatic rings. The lowest BCUT2D eigenvalue weighted by Crippen LogP contribution is -2.53. The molecule has 1 N–H and O–H groups in total. The maximum absolute atomic E-state index is 9.51. The quantitative estimate of drug-likeness (QED) is 0.763. The number of aryl methyl sites for hydroxylation is 1. The van der Waals surface area contributed by atoms with Gasteiger partial charge in [0.05, 0.1) is 5.69 Å². The van der Waals surface area contributed by atoms with Crippen molar-refractivity contribution in [3.05, 3.63) is 53.7 Å². The Kier molecular flexibility index (Phi) is 6.83. The molecule has 1 unspecified atom stereocenters. The van der Waals surface area contributed by atoms with Gasteiger partial charge in [0.15, 0.2) is 0 Å². The summed E-state index contributed by atoms with van der Waals surface area (Å²) in [6.45, 7) is 9.47. The first-order valence-corrected chi connectivity index (χ1v) is 9.85. The van der Waals surface area contributed by atoms with Gasteiger partial charge in [0, 0.05) is 69.7 Å². The van der Waals surface area contributed by atoms with Crippen LogP contribution in [0.4, 0.5) is 0 Å². The van der Waals surface area contributed by atoms with E-state index in [0.717, 1.165) is 44.8 Å². The van der Waals surface area contributed by atoms with E-state index >= 15 is 0 Å². The first-order valence-electron chi connectivity index (χ1n) is 9.85. The minimum Gasteiger partial charge on any atom is -0.396 e. The van der Waals surface area contributed by atoms with Gasteiger partial charge in [-0.2, -0.15) is 5.10 Å². The molecule has 5 nitrogen and oxygen atoms in total. The number of nitrogens with zero attached hydrogens (tertiary/aromatic N) is 4. The fourth-order valence-electron chi connectivity index (χ4n) is 3.80. The third kappa shape index (κ3) is 5.28. The number of piperazine rings is 1. The predicted octanol–water partition coefficient (Wildman–Crippen LogP) is 2.92. The average Bonchev–Trinajstić information content (AvgIpc) is 3.02. The number of aliphatic hydroxyl groups is 1. The second-order valence-corrected chi connectivity index (χ2v) is 7.72. The van der Waals surface area contributed by atoms with E-state index in [1.807, 2.05) is 17.8 Å². The van der Waals surface area contributed by atoms with Crippen LogP contribution in [0.3, 0.4) is 0 Å². The second kappa shape index (κ2) is 9.31. The van der Waals surface area contributed by atoms with Crippen LogP contribution in [0.1, 0.15) is 25.8 Å². The average molecular weight is 369 g/mol. The molecule has 0 spiro atoms. The van der Waals surface area contributed by atoms with Crippen LogP contribution in [0.15, 0.2) is 48.2 Å². The number of aromatic nitrogens is 2. The third-order valence-electron chi connectivity index (χ3n) is 5.23. The van der Waals surface area contributed by atoms with Crippen molar-refractivity contribution < 1.29 is 5.11 Å². The van der Waals surface area contributed by atoms with Crippen LogP contribution in [0.5, 0.6) is 0 Å². The van der Waals surface area contributed by atoms with Crippen LogP contribution in [0, 0.1) is 0 Å². The summed E-state index contributed by atoms with van der Waals surface area (Å²) in [4.78, 5) is 5.00. The highest BCUT2D eigenvalue weighted by molar-refractivity contribution is 5.62. The van der Waals surface area contributed by atoms with Crippen LogP contribution < -0.4 is 0 Å². The Morgan fingerprint density at radius 1 is 1.22 bits per heavy atom. The highest BCUT2D eigenvalue weighted by atomic mass is 16.3. The van der Waals surface area contributed by atoms with Gasteiger partial charge in [0.25, 0.3) is 0 Å². The zero-order chi connectivity index (χ0) is 19.2. The molecule has 1 saturated heterocycles. The summed E-state index contributed by atoms with van der Waals surface area (Å²) in [5.41, 5.74) is 4.86. The van der Waals surface area contributed by atoms with Gasteiger partial charge in [0.2, 0.25) is 0 Å². The van der Waals surface area contributed by atoms with Gasteiger partial charge in [-0.25, -0.2) is 0 Å². The van der Waals surface area contributed by atoms with E-state index in [1.54, 1.807) is 0 Å². The summed E-state index contributed by atoms with van der Waals surface area (Å²) in [6, 6.07) is 10.8. The van der Waals surface area contributed by atoms with E-state index in [-0.39, 0.29) is 6.61 Å². The number of aliphatic hydroxyl groups excluding tert-OH is 1. The minimum atomic E-state index is 0.242. The van der Waals surface area contributed by atoms with Crippen LogP contribution in [0.25, 0.3) is 11.3 Å². The van der Waals surface area contributed by atoms with Gasteiger partial charge >= 0.3 is 0 Å². The van der Waals surface area contributed by atoms with Crippen molar-refractivity contribution in [1.29, 1.82) is 0 Å². The Morgan fingerprint density at radius 3 is 2.70 bits per heavy atom. The Labute approximate surface area is 162 Å². The normalized spacial score (nSPS) is 18.6. The number of hydrogen-bond donors (Lipinski definition) is 1. The lowest BCUT2D eigenvalue weighted by molar-refractivity contribution is 0.0637. The molecule has 1 aliphatic rings. The zero-order valence-corrected chi connectivity index (χ0v) is 16.8. The van der Waals surface area contributed by atoms with Crippen molar-refractivity contribution in [2.45, 2.75) is 32.9 Å². The van der Waals surface area contributed by atoms with Gasteiger partial charge in [-0.15, -0.1) is 0 Å². The van der Waals surface area contributed by atoms with E-state index in [1.165, 1.54) is 16.7 Å². The van der Waals surface area contributed by atoms with Crippen LogP contribution >= 0.6 is 0 Å². The Balaban J connectivity index is 1.71. The number of allylic oxidation sites excluding steroid dienone is 1. The zero-order valence-electron chi connectivity index (χ0n) is 16.8. The molecule has 5 heteroatoms. The molecule has 3 rings (SSSR count). The SMILES string of the molecule is CC(C)=CCN1CCN(Cc2cn(C)nc2-c2ccccc2)CC1CCO. The van der Waals surface area contributed by atoms with E-state index in [9.17, 15) is 5.11 Å². The summed E-state index contributed by atoms with van der Waals surface area (Å²) < 4.78 is 1.91. The lowest BCUT2D eigenvalue weighted by Gasteiger charge is -2.41. The second-order valence-electron chi connectivity index (χ2n) is 7.72. The fourth-order valence-corrected chi connectivity index (χ4v) is 3.80. The molecule has 0 radical (unpaired) electrons. The summed E-state index contributed by atoms with van der Waals surface area (Å²) in [5, 5.41) is 14.2. The molecule has 1 fully saturated rings. The topological polar surface area (TPSA) is 44.5 Å². The van der Waals surface area contributed by atoms with Gasteiger partial charge < -0.3 is 5.11 Å². The Bertz CT molecular complexity index is 749. The predicted molar refractivity (Wildman–Crippen MR) is 110 cm³/mol. The molecule has 1 aliphatic heterocycles. The molecule has 27 heavy (non-hydrogen) atoms. The Morgan fingerprint density at radius 2 is 2.00 bits per heavy atom. The first-order chi connectivity index (χ1) is 13.1. The highest BCUT2D eigenvalue weighted by Gasteiger charge is 2.26. The highest BCUT2D eigenvalue weighted by Crippen LogP contribution is 2.24. The molecule has 0 bridgehead atoms. The summed E-state index contributed by atoms with van der Waals surface area (Å²) in [6.07, 6.45) is 5.25. The van der Waals surface area contributed by atoms with Gasteiger partial charge in [-0.05, 0) is 20.3 Å². The van der Waals surface area contributed by atoms with E-state index in [0.29, 0.717) is 6.04 Å². The maximum Gasteiger partial charge on any atom is 0.0968 e. The van der Waals surface area contributed by atoms with E-state index in [2.05, 4.69) is 60.2 Å². The van der Waals surface area contributed by atoms with Crippen molar-refractivity contribution in [3.8, 4) is 11.3 Å². The van der Waals surface area contributed by atoms with Crippen molar-refractivity contribution in [2.75, 3.05) is 32.8 Å². The molecule has 0 saturated carbocycles. The monoisotopic (exact) mass is 368 g/mol. The van der Waals surface area contributed by atoms with Crippen molar-refractivity contribution in [1.82, 2.24) is 19.6 Å². The molecule has 1 atom stereocenters. The largest absolute Gasteiger partial charge is 0.396 e. The molecule has 2 heterocycles. The third-order valence-corrected chi connectivity index (χ3v) is 5.23. The standard InChI is InChI=1S/C22H32N4O/c1-18(2)9-11-26-13-12-25(17-21(26)10-14-27)16-20-15-24(3)23-22(20)19-7-5-4-6-8-19/h4-9,15,21,27H,10-14,16-17H2,1-3H3. The molecule has 1 aromatic carbocycles. The van der Waals surface area contributed by atoms with Crippen LogP contribution in [0.2, 0.25) is 0 Å².